The van der Waals surface area contributed by atoms with E-state index < -0.39 is 17.7 Å². The number of halogens is 3. The molecule has 2 N–H and O–H groups in total. The van der Waals surface area contributed by atoms with Crippen molar-refractivity contribution in [2.24, 2.45) is 0 Å². The molecule has 166 valence electrons. The molecule has 2 bridgehead atoms. The zero-order valence-electron chi connectivity index (χ0n) is 16.9. The summed E-state index contributed by atoms with van der Waals surface area (Å²) in [6.07, 6.45) is -2.88. The molecule has 4 heterocycles. The molecule has 2 aliphatic rings. The van der Waals surface area contributed by atoms with Crippen LogP contribution in [0.1, 0.15) is 32.3 Å². The summed E-state index contributed by atoms with van der Waals surface area (Å²) in [7, 11) is 0. The average Bonchev–Trinajstić information content (AvgIpc) is 3.40. The van der Waals surface area contributed by atoms with E-state index in [0.717, 1.165) is 12.8 Å². The summed E-state index contributed by atoms with van der Waals surface area (Å²) in [6.45, 7) is 4.11. The van der Waals surface area contributed by atoms with Crippen molar-refractivity contribution >= 4 is 28.5 Å². The first-order valence-corrected chi connectivity index (χ1v) is 10.9. The first-order valence-electron chi connectivity index (χ1n) is 9.94. The summed E-state index contributed by atoms with van der Waals surface area (Å²) >= 11 is 1.35. The van der Waals surface area contributed by atoms with Gasteiger partial charge in [0.25, 0.3) is 6.01 Å². The number of fused-ring (bicyclic) bond motifs is 3. The number of aliphatic hydroxyl groups is 1. The molecule has 0 saturated carbocycles. The molecular formula is C20H21F3N4O3S. The topological polar surface area (TPSA) is 83.7 Å². The predicted molar refractivity (Wildman–Crippen MR) is 109 cm³/mol. The lowest BCUT2D eigenvalue weighted by Crippen LogP contribution is -2.51. The van der Waals surface area contributed by atoms with Crippen LogP contribution in [-0.2, 0) is 5.60 Å². The van der Waals surface area contributed by atoms with E-state index in [1.54, 1.807) is 10.9 Å². The minimum Gasteiger partial charge on any atom is -0.423 e. The third-order valence-electron chi connectivity index (χ3n) is 5.68. The van der Waals surface area contributed by atoms with Gasteiger partial charge in [-0.05, 0) is 32.8 Å². The van der Waals surface area contributed by atoms with Gasteiger partial charge in [0.05, 0.1) is 16.8 Å². The molecule has 2 aliphatic heterocycles. The maximum absolute atomic E-state index is 13.3. The third kappa shape index (κ3) is 3.85. The molecular weight excluding hydrogens is 433 g/mol. The quantitative estimate of drug-likeness (QED) is 0.616. The zero-order chi connectivity index (χ0) is 22.0. The smallest absolute Gasteiger partial charge is 0.423 e. The molecule has 5 rings (SSSR count). The number of hydrogen-bond donors (Lipinski definition) is 2. The van der Waals surface area contributed by atoms with Crippen LogP contribution in [0, 0.1) is 0 Å². The molecule has 2 unspecified atom stereocenters. The van der Waals surface area contributed by atoms with Gasteiger partial charge in [0.2, 0.25) is 0 Å². The number of piperazine rings is 1. The van der Waals surface area contributed by atoms with Gasteiger partial charge in [0, 0.05) is 41.7 Å². The first-order chi connectivity index (χ1) is 14.6. The number of oxazole rings is 1. The van der Waals surface area contributed by atoms with Crippen molar-refractivity contribution in [1.29, 1.82) is 0 Å². The summed E-state index contributed by atoms with van der Waals surface area (Å²) in [5, 5.41) is 15.9. The fourth-order valence-electron chi connectivity index (χ4n) is 4.35. The van der Waals surface area contributed by atoms with Crippen molar-refractivity contribution in [3.05, 3.63) is 22.5 Å². The summed E-state index contributed by atoms with van der Waals surface area (Å²) in [4.78, 5) is 10.7. The Morgan fingerprint density at radius 3 is 2.55 bits per heavy atom. The molecule has 31 heavy (non-hydrogen) atoms. The molecule has 2 saturated heterocycles. The van der Waals surface area contributed by atoms with Gasteiger partial charge in [-0.25, -0.2) is 4.98 Å². The van der Waals surface area contributed by atoms with Crippen LogP contribution in [0.3, 0.4) is 0 Å². The number of nitrogens with one attached hydrogen (secondary N) is 1. The number of ether oxygens (including phenoxy) is 1. The molecule has 7 nitrogen and oxygen atoms in total. The van der Waals surface area contributed by atoms with Crippen LogP contribution in [0.4, 0.5) is 19.2 Å². The summed E-state index contributed by atoms with van der Waals surface area (Å²) in [6, 6.07) is 2.27. The minimum absolute atomic E-state index is 0.0412. The summed E-state index contributed by atoms with van der Waals surface area (Å²) < 4.78 is 50.3. The lowest BCUT2D eigenvalue weighted by atomic mass is 9.93. The second kappa shape index (κ2) is 7.07. The van der Waals surface area contributed by atoms with Gasteiger partial charge in [0.1, 0.15) is 0 Å². The van der Waals surface area contributed by atoms with Crippen LogP contribution in [0.25, 0.3) is 22.4 Å². The van der Waals surface area contributed by atoms with Crippen LogP contribution >= 0.6 is 11.3 Å². The van der Waals surface area contributed by atoms with E-state index in [1.807, 2.05) is 4.90 Å². The van der Waals surface area contributed by atoms with Crippen LogP contribution in [0.2, 0.25) is 0 Å². The summed E-state index contributed by atoms with van der Waals surface area (Å²) in [5.41, 5.74) is 1.02. The monoisotopic (exact) mass is 454 g/mol. The van der Waals surface area contributed by atoms with Gasteiger partial charge in [0.15, 0.2) is 16.8 Å². The van der Waals surface area contributed by atoms with Crippen LogP contribution in [-0.4, -0.2) is 46.6 Å². The van der Waals surface area contributed by atoms with Crippen molar-refractivity contribution in [2.45, 2.75) is 50.7 Å². The van der Waals surface area contributed by atoms with E-state index in [4.69, 9.17) is 4.42 Å². The lowest BCUT2D eigenvalue weighted by Gasteiger charge is -2.31. The van der Waals surface area contributed by atoms with Gasteiger partial charge in [-0.15, -0.1) is 24.5 Å². The Morgan fingerprint density at radius 1 is 1.26 bits per heavy atom. The van der Waals surface area contributed by atoms with E-state index in [2.05, 4.69) is 20.0 Å². The highest BCUT2D eigenvalue weighted by molar-refractivity contribution is 7.07. The number of thiazole rings is 1. The Labute approximate surface area is 179 Å². The van der Waals surface area contributed by atoms with Crippen LogP contribution < -0.4 is 15.0 Å². The Kier molecular flexibility index (Phi) is 4.68. The van der Waals surface area contributed by atoms with Gasteiger partial charge < -0.3 is 24.5 Å². The number of alkyl halides is 3. The van der Waals surface area contributed by atoms with E-state index in [-0.39, 0.29) is 22.7 Å². The normalized spacial score (nSPS) is 21.8. The molecule has 0 aliphatic carbocycles. The third-order valence-corrected chi connectivity index (χ3v) is 6.27. The SMILES string of the molecule is CC(C)(O)c1cc(-c2cscn2)c2oc(N3CC4CCC(C3)N4)nc2c1OC(F)(F)F. The van der Waals surface area contributed by atoms with Gasteiger partial charge in [-0.1, -0.05) is 0 Å². The molecule has 1 aromatic carbocycles. The number of aromatic nitrogens is 2. The molecule has 2 atom stereocenters. The summed E-state index contributed by atoms with van der Waals surface area (Å²) in [5.74, 6) is -0.554. The first kappa shape index (κ1) is 20.5. The molecule has 0 radical (unpaired) electrons. The van der Waals surface area contributed by atoms with Crippen molar-refractivity contribution in [1.82, 2.24) is 15.3 Å². The maximum atomic E-state index is 13.3. The van der Waals surface area contributed by atoms with Gasteiger partial charge in [-0.2, -0.15) is 4.98 Å². The number of anilines is 1. The molecule has 11 heteroatoms. The number of nitrogens with zero attached hydrogens (tertiary/aromatic N) is 3. The highest BCUT2D eigenvalue weighted by Gasteiger charge is 2.39. The largest absolute Gasteiger partial charge is 0.573 e. The molecule has 3 aromatic rings. The highest BCUT2D eigenvalue weighted by atomic mass is 32.1. The highest BCUT2D eigenvalue weighted by Crippen LogP contribution is 2.45. The lowest BCUT2D eigenvalue weighted by molar-refractivity contribution is -0.274. The molecule has 2 fully saturated rings. The Bertz CT molecular complexity index is 1100. The zero-order valence-corrected chi connectivity index (χ0v) is 17.7. The minimum atomic E-state index is -4.96. The maximum Gasteiger partial charge on any atom is 0.573 e. The second-order valence-electron chi connectivity index (χ2n) is 8.50. The van der Waals surface area contributed by atoms with E-state index in [1.165, 1.54) is 31.3 Å². The number of benzene rings is 1. The Morgan fingerprint density at radius 2 is 1.97 bits per heavy atom. The standard InChI is InChI=1S/C20H21F3N4O3S/c1-19(2,28)13-5-12(14-8-31-9-24-14)16-15(17(13)30-20(21,22)23)26-18(29-16)27-6-10-3-4-11(7-27)25-10/h5,8-11,25,28H,3-4,6-7H2,1-2H3. The fraction of sp³-hybridized carbons (Fsp3) is 0.500. The molecule has 2 aromatic heterocycles. The van der Waals surface area contributed by atoms with Crippen LogP contribution in [0.15, 0.2) is 21.4 Å². The van der Waals surface area contributed by atoms with Gasteiger partial charge in [-0.3, -0.25) is 0 Å². The van der Waals surface area contributed by atoms with E-state index >= 15 is 0 Å². The van der Waals surface area contributed by atoms with Crippen molar-refractivity contribution < 1.29 is 27.4 Å². The fourth-order valence-corrected chi connectivity index (χ4v) is 4.90. The molecule has 0 amide bonds. The Hall–Kier alpha value is -2.37. The van der Waals surface area contributed by atoms with Crippen molar-refractivity contribution in [2.75, 3.05) is 18.0 Å². The molecule has 0 spiro atoms. The van der Waals surface area contributed by atoms with E-state index in [0.29, 0.717) is 36.4 Å². The second-order valence-corrected chi connectivity index (χ2v) is 9.22. The van der Waals surface area contributed by atoms with Gasteiger partial charge >= 0.3 is 6.36 Å². The number of hydrogen-bond acceptors (Lipinski definition) is 8. The van der Waals surface area contributed by atoms with Crippen molar-refractivity contribution in [3.63, 3.8) is 0 Å². The van der Waals surface area contributed by atoms with Crippen LogP contribution in [0.5, 0.6) is 5.75 Å². The van der Waals surface area contributed by atoms with Crippen molar-refractivity contribution in [3.8, 4) is 17.0 Å². The number of rotatable bonds is 4. The Balaban J connectivity index is 1.72. The predicted octanol–water partition coefficient (Wildman–Crippen LogP) is 4.02. The average molecular weight is 454 g/mol. The van der Waals surface area contributed by atoms with E-state index in [9.17, 15) is 18.3 Å².